The van der Waals surface area contributed by atoms with Crippen LogP contribution in [0.2, 0.25) is 5.02 Å². The fourth-order valence-electron chi connectivity index (χ4n) is 3.69. The summed E-state index contributed by atoms with van der Waals surface area (Å²) in [6, 6.07) is 10.3. The Bertz CT molecular complexity index is 1440. The number of carbonyl (C=O) groups excluding carboxylic acids is 2. The van der Waals surface area contributed by atoms with E-state index in [2.05, 4.69) is 20.7 Å². The molecule has 174 valence electrons. The van der Waals surface area contributed by atoms with Gasteiger partial charge in [-0.05, 0) is 51.1 Å². The third-order valence-corrected chi connectivity index (χ3v) is 5.71. The van der Waals surface area contributed by atoms with E-state index >= 15 is 0 Å². The second-order valence-electron chi connectivity index (χ2n) is 7.87. The molecule has 0 bridgehead atoms. The van der Waals surface area contributed by atoms with Crippen molar-refractivity contribution in [2.75, 3.05) is 10.6 Å². The molecule has 0 saturated heterocycles. The first-order valence-electron chi connectivity index (χ1n) is 10.3. The van der Waals surface area contributed by atoms with Gasteiger partial charge < -0.3 is 15.6 Å². The smallest absolute Gasteiger partial charge is 0.270 e. The molecule has 2 heterocycles. The summed E-state index contributed by atoms with van der Waals surface area (Å²) < 4.78 is 1.64. The molecule has 0 spiro atoms. The number of rotatable bonds is 6. The summed E-state index contributed by atoms with van der Waals surface area (Å²) in [6.45, 7) is 5.47. The lowest BCUT2D eigenvalue weighted by Crippen LogP contribution is -2.25. The van der Waals surface area contributed by atoms with Crippen LogP contribution in [0.15, 0.2) is 48.7 Å². The van der Waals surface area contributed by atoms with Gasteiger partial charge in [0.15, 0.2) is 0 Å². The molecule has 0 radical (unpaired) electrons. The first kappa shape index (κ1) is 23.0. The number of aromatic nitrogens is 3. The average Bonchev–Trinajstić information content (AvgIpc) is 3.36. The van der Waals surface area contributed by atoms with Crippen LogP contribution in [0.5, 0.6) is 0 Å². The van der Waals surface area contributed by atoms with Gasteiger partial charge in [0.1, 0.15) is 6.04 Å². The van der Waals surface area contributed by atoms with Crippen molar-refractivity contribution in [3.8, 4) is 0 Å². The standard InChI is InChI=1S/C23H21ClN6O4/c1-12-8-13(2)29(28-12)14(3)22(31)27-21-6-4-15(9-19(21)24)26-23(32)18-11-25-20-7-5-16(30(33)34)10-17(18)20/h4-11,14,25H,1-3H3,(H,26,32)(H,27,31). The molecule has 2 aromatic carbocycles. The van der Waals surface area contributed by atoms with Gasteiger partial charge in [-0.25, -0.2) is 0 Å². The molecule has 0 aliphatic heterocycles. The minimum absolute atomic E-state index is 0.112. The summed E-state index contributed by atoms with van der Waals surface area (Å²) in [7, 11) is 0. The minimum atomic E-state index is -0.546. The number of halogens is 1. The Labute approximate surface area is 199 Å². The number of nitro groups is 1. The van der Waals surface area contributed by atoms with Crippen LogP contribution in [0.3, 0.4) is 0 Å². The van der Waals surface area contributed by atoms with Crippen LogP contribution in [0.4, 0.5) is 17.1 Å². The highest BCUT2D eigenvalue weighted by molar-refractivity contribution is 6.34. The molecule has 2 amide bonds. The molecule has 0 aliphatic carbocycles. The number of hydrogen-bond donors (Lipinski definition) is 3. The van der Waals surface area contributed by atoms with Crippen LogP contribution in [-0.2, 0) is 4.79 Å². The fraction of sp³-hybridized carbons (Fsp3) is 0.174. The van der Waals surface area contributed by atoms with Crippen LogP contribution < -0.4 is 10.6 Å². The highest BCUT2D eigenvalue weighted by Crippen LogP contribution is 2.28. The van der Waals surface area contributed by atoms with E-state index in [-0.39, 0.29) is 22.2 Å². The summed E-state index contributed by atoms with van der Waals surface area (Å²) in [5.41, 5.74) is 3.22. The molecule has 4 aromatic rings. The first-order valence-corrected chi connectivity index (χ1v) is 10.7. The molecular weight excluding hydrogens is 460 g/mol. The van der Waals surface area contributed by atoms with Crippen molar-refractivity contribution in [1.29, 1.82) is 0 Å². The van der Waals surface area contributed by atoms with Gasteiger partial charge in [0, 0.05) is 40.6 Å². The third-order valence-electron chi connectivity index (χ3n) is 5.40. The van der Waals surface area contributed by atoms with Crippen molar-refractivity contribution in [1.82, 2.24) is 14.8 Å². The molecule has 0 aliphatic rings. The Kier molecular flexibility index (Phi) is 6.08. The second kappa shape index (κ2) is 8.99. The number of nitrogens with zero attached hydrogens (tertiary/aromatic N) is 3. The van der Waals surface area contributed by atoms with Crippen LogP contribution in [0.1, 0.15) is 34.7 Å². The maximum atomic E-state index is 12.8. The van der Waals surface area contributed by atoms with Crippen LogP contribution >= 0.6 is 11.6 Å². The van der Waals surface area contributed by atoms with Crippen molar-refractivity contribution >= 4 is 51.4 Å². The molecule has 2 aromatic heterocycles. The third kappa shape index (κ3) is 4.48. The second-order valence-corrected chi connectivity index (χ2v) is 8.28. The number of aromatic amines is 1. The largest absolute Gasteiger partial charge is 0.360 e. The quantitative estimate of drug-likeness (QED) is 0.264. The van der Waals surface area contributed by atoms with Crippen LogP contribution in [-0.4, -0.2) is 31.5 Å². The van der Waals surface area contributed by atoms with Crippen molar-refractivity contribution in [2.24, 2.45) is 0 Å². The van der Waals surface area contributed by atoms with Crippen LogP contribution in [0, 0.1) is 24.0 Å². The predicted molar refractivity (Wildman–Crippen MR) is 129 cm³/mol. The van der Waals surface area contributed by atoms with E-state index in [4.69, 9.17) is 11.6 Å². The number of nitrogens with one attached hydrogen (secondary N) is 3. The summed E-state index contributed by atoms with van der Waals surface area (Å²) in [5, 5.41) is 21.6. The molecule has 1 atom stereocenters. The number of H-pyrrole nitrogens is 1. The number of nitro benzene ring substituents is 1. The Morgan fingerprint density at radius 3 is 2.56 bits per heavy atom. The van der Waals surface area contributed by atoms with Crippen molar-refractivity contribution in [3.05, 3.63) is 80.7 Å². The van der Waals surface area contributed by atoms with Crippen molar-refractivity contribution in [2.45, 2.75) is 26.8 Å². The number of carbonyl (C=O) groups is 2. The number of fused-ring (bicyclic) bond motifs is 1. The predicted octanol–water partition coefficient (Wildman–Crippen LogP) is 4.99. The zero-order valence-electron chi connectivity index (χ0n) is 18.5. The normalized spacial score (nSPS) is 11.9. The van der Waals surface area contributed by atoms with E-state index in [0.717, 1.165) is 11.4 Å². The number of hydrogen-bond acceptors (Lipinski definition) is 5. The molecule has 0 fully saturated rings. The Hall–Kier alpha value is -4.18. The number of benzene rings is 2. The molecule has 1 unspecified atom stereocenters. The van der Waals surface area contributed by atoms with Crippen molar-refractivity contribution < 1.29 is 14.5 Å². The molecule has 34 heavy (non-hydrogen) atoms. The molecule has 3 N–H and O–H groups in total. The van der Waals surface area contributed by atoms with Crippen molar-refractivity contribution in [3.63, 3.8) is 0 Å². The summed E-state index contributed by atoms with van der Waals surface area (Å²) in [5.74, 6) is -0.747. The highest BCUT2D eigenvalue weighted by atomic mass is 35.5. The summed E-state index contributed by atoms with van der Waals surface area (Å²) in [6.07, 6.45) is 1.49. The van der Waals surface area contributed by atoms with E-state index in [1.165, 1.54) is 24.4 Å². The number of aryl methyl sites for hydroxylation is 2. The van der Waals surface area contributed by atoms with Gasteiger partial charge in [0.25, 0.3) is 11.6 Å². The molecular formula is C23H21ClN6O4. The SMILES string of the molecule is Cc1cc(C)n(C(C)C(=O)Nc2ccc(NC(=O)c3c[nH]c4ccc([N+](=O)[O-])cc34)cc2Cl)n1. The van der Waals surface area contributed by atoms with E-state index in [9.17, 15) is 19.7 Å². The molecule has 11 heteroatoms. The lowest BCUT2D eigenvalue weighted by atomic mass is 10.1. The Balaban J connectivity index is 1.49. The lowest BCUT2D eigenvalue weighted by Gasteiger charge is -2.16. The minimum Gasteiger partial charge on any atom is -0.360 e. The number of anilines is 2. The van der Waals surface area contributed by atoms with Gasteiger partial charge in [-0.1, -0.05) is 11.6 Å². The first-order chi connectivity index (χ1) is 16.1. The summed E-state index contributed by atoms with van der Waals surface area (Å²) in [4.78, 5) is 39.0. The van der Waals surface area contributed by atoms with E-state index in [1.807, 2.05) is 19.9 Å². The molecule has 0 saturated carbocycles. The number of amides is 2. The zero-order chi connectivity index (χ0) is 24.6. The van der Waals surface area contributed by atoms with Gasteiger partial charge in [-0.2, -0.15) is 5.10 Å². The zero-order valence-corrected chi connectivity index (χ0v) is 19.3. The fourth-order valence-corrected chi connectivity index (χ4v) is 3.92. The Morgan fingerprint density at radius 2 is 1.91 bits per heavy atom. The van der Waals surface area contributed by atoms with Crippen LogP contribution in [0.25, 0.3) is 10.9 Å². The highest BCUT2D eigenvalue weighted by Gasteiger charge is 2.20. The topological polar surface area (TPSA) is 135 Å². The van der Waals surface area contributed by atoms with E-state index < -0.39 is 16.9 Å². The molecule has 10 nitrogen and oxygen atoms in total. The van der Waals surface area contributed by atoms with Gasteiger partial charge in [0.2, 0.25) is 5.91 Å². The average molecular weight is 481 g/mol. The van der Waals surface area contributed by atoms with E-state index in [1.54, 1.807) is 29.8 Å². The maximum absolute atomic E-state index is 12.8. The number of non-ortho nitro benzene ring substituents is 1. The van der Waals surface area contributed by atoms with Gasteiger partial charge >= 0.3 is 0 Å². The monoisotopic (exact) mass is 480 g/mol. The van der Waals surface area contributed by atoms with Gasteiger partial charge in [0.05, 0.1) is 26.9 Å². The van der Waals surface area contributed by atoms with Gasteiger partial charge in [-0.15, -0.1) is 0 Å². The Morgan fingerprint density at radius 1 is 1.15 bits per heavy atom. The molecule has 4 rings (SSSR count). The lowest BCUT2D eigenvalue weighted by molar-refractivity contribution is -0.384. The van der Waals surface area contributed by atoms with E-state index in [0.29, 0.717) is 22.3 Å². The van der Waals surface area contributed by atoms with Gasteiger partial charge in [-0.3, -0.25) is 24.4 Å². The summed E-state index contributed by atoms with van der Waals surface area (Å²) >= 11 is 6.35. The maximum Gasteiger partial charge on any atom is 0.270 e.